The van der Waals surface area contributed by atoms with Crippen molar-refractivity contribution in [2.75, 3.05) is 18.5 Å². The van der Waals surface area contributed by atoms with Gasteiger partial charge in [-0.2, -0.15) is 0 Å². The molecule has 3 rings (SSSR count). The number of hydrogen-bond donors (Lipinski definition) is 2. The maximum atomic E-state index is 12.8. The molecule has 2 amide bonds. The molecule has 0 spiro atoms. The molecule has 0 saturated carbocycles. The molecule has 3 aromatic carbocycles. The fraction of sp³-hybridized carbons (Fsp3) is 0.136. The van der Waals surface area contributed by atoms with E-state index in [2.05, 4.69) is 10.6 Å². The number of benzene rings is 3. The largest absolute Gasteiger partial charge is 0.492 e. The molecule has 0 atom stereocenters. The number of carbonyl (C=O) groups excluding carboxylic acids is 1. The van der Waals surface area contributed by atoms with Crippen LogP contribution in [0.25, 0.3) is 0 Å². The van der Waals surface area contributed by atoms with Gasteiger partial charge in [0.1, 0.15) is 30.5 Å². The summed E-state index contributed by atoms with van der Waals surface area (Å²) in [6.07, 6.45) is 0. The number of anilines is 1. The smallest absolute Gasteiger partial charge is 0.319 e. The normalized spacial score (nSPS) is 10.2. The maximum Gasteiger partial charge on any atom is 0.319 e. The van der Waals surface area contributed by atoms with Gasteiger partial charge in [-0.3, -0.25) is 0 Å². The first-order valence-electron chi connectivity index (χ1n) is 8.89. The molecule has 0 aromatic heterocycles. The average Bonchev–Trinajstić information content (AvgIpc) is 2.73. The van der Waals surface area contributed by atoms with E-state index in [-0.39, 0.29) is 18.5 Å². The monoisotopic (exact) mass is 380 g/mol. The number of rotatable bonds is 8. The van der Waals surface area contributed by atoms with Crippen LogP contribution in [0.4, 0.5) is 14.9 Å². The lowest BCUT2D eigenvalue weighted by Gasteiger charge is -2.10. The number of nitrogens with one attached hydrogen (secondary N) is 2. The Labute approximate surface area is 163 Å². The van der Waals surface area contributed by atoms with Gasteiger partial charge in [0.15, 0.2) is 0 Å². The summed E-state index contributed by atoms with van der Waals surface area (Å²) < 4.78 is 23.9. The molecule has 0 heterocycles. The molecule has 0 radical (unpaired) electrons. The van der Waals surface area contributed by atoms with E-state index in [1.807, 2.05) is 30.3 Å². The fourth-order valence-electron chi connectivity index (χ4n) is 2.41. The van der Waals surface area contributed by atoms with Gasteiger partial charge >= 0.3 is 6.03 Å². The first-order valence-corrected chi connectivity index (χ1v) is 8.89. The van der Waals surface area contributed by atoms with Crippen LogP contribution in [0.15, 0.2) is 78.9 Å². The quantitative estimate of drug-likeness (QED) is 0.561. The van der Waals surface area contributed by atoms with E-state index >= 15 is 0 Å². The minimum absolute atomic E-state index is 0.283. The molecule has 144 valence electrons. The molecule has 5 nitrogen and oxygen atoms in total. The van der Waals surface area contributed by atoms with Gasteiger partial charge in [-0.1, -0.05) is 30.3 Å². The van der Waals surface area contributed by atoms with Crippen LogP contribution >= 0.6 is 0 Å². The molecular formula is C22H21FN2O3. The van der Waals surface area contributed by atoms with Gasteiger partial charge in [0.05, 0.1) is 6.54 Å². The zero-order valence-electron chi connectivity index (χ0n) is 15.2. The number of carbonyl (C=O) groups is 1. The van der Waals surface area contributed by atoms with E-state index < -0.39 is 0 Å². The molecule has 3 aromatic rings. The Hall–Kier alpha value is -3.54. The van der Waals surface area contributed by atoms with Gasteiger partial charge in [0, 0.05) is 5.69 Å². The lowest BCUT2D eigenvalue weighted by molar-refractivity contribution is 0.247. The number of hydrogen-bond acceptors (Lipinski definition) is 3. The number of amides is 2. The van der Waals surface area contributed by atoms with Crippen molar-refractivity contribution in [1.29, 1.82) is 0 Å². The first-order chi connectivity index (χ1) is 13.7. The highest BCUT2D eigenvalue weighted by molar-refractivity contribution is 5.89. The molecule has 0 fully saturated rings. The Morgan fingerprint density at radius 1 is 0.821 bits per heavy atom. The van der Waals surface area contributed by atoms with Gasteiger partial charge in [0.2, 0.25) is 0 Å². The number of ether oxygens (including phenoxy) is 2. The van der Waals surface area contributed by atoms with Crippen LogP contribution in [0.5, 0.6) is 11.5 Å². The van der Waals surface area contributed by atoms with Crippen molar-refractivity contribution in [1.82, 2.24) is 5.32 Å². The van der Waals surface area contributed by atoms with Crippen LogP contribution in [0.3, 0.4) is 0 Å². The Morgan fingerprint density at radius 3 is 2.18 bits per heavy atom. The third-order valence-corrected chi connectivity index (χ3v) is 3.83. The molecule has 0 aliphatic heterocycles. The third kappa shape index (κ3) is 6.32. The van der Waals surface area contributed by atoms with Gasteiger partial charge in [-0.05, 0) is 54.1 Å². The zero-order chi connectivity index (χ0) is 19.6. The summed E-state index contributed by atoms with van der Waals surface area (Å²) in [5.41, 5.74) is 1.75. The Kier molecular flexibility index (Phi) is 6.84. The lowest BCUT2D eigenvalue weighted by atomic mass is 10.2. The maximum absolute atomic E-state index is 12.8. The topological polar surface area (TPSA) is 59.6 Å². The van der Waals surface area contributed by atoms with E-state index in [4.69, 9.17) is 9.47 Å². The SMILES string of the molecule is O=C(NCCOc1ccc(F)cc1)Nc1ccc(OCc2ccccc2)cc1. The Morgan fingerprint density at radius 2 is 1.46 bits per heavy atom. The number of urea groups is 1. The fourth-order valence-corrected chi connectivity index (χ4v) is 2.41. The van der Waals surface area contributed by atoms with Crippen molar-refractivity contribution in [3.8, 4) is 11.5 Å². The highest BCUT2D eigenvalue weighted by Gasteiger charge is 2.02. The molecule has 0 aliphatic rings. The summed E-state index contributed by atoms with van der Waals surface area (Å²) in [7, 11) is 0. The molecule has 0 aliphatic carbocycles. The summed E-state index contributed by atoms with van der Waals surface area (Å²) in [4.78, 5) is 11.9. The molecule has 0 bridgehead atoms. The highest BCUT2D eigenvalue weighted by Crippen LogP contribution is 2.17. The van der Waals surface area contributed by atoms with Crippen molar-refractivity contribution in [2.24, 2.45) is 0 Å². The second-order valence-corrected chi connectivity index (χ2v) is 5.98. The second kappa shape index (κ2) is 9.97. The molecule has 28 heavy (non-hydrogen) atoms. The Balaban J connectivity index is 1.36. The minimum Gasteiger partial charge on any atom is -0.492 e. The Bertz CT molecular complexity index is 869. The van der Waals surface area contributed by atoms with E-state index in [0.29, 0.717) is 24.6 Å². The minimum atomic E-state index is -0.333. The van der Waals surface area contributed by atoms with E-state index in [1.165, 1.54) is 24.3 Å². The van der Waals surface area contributed by atoms with E-state index in [9.17, 15) is 9.18 Å². The van der Waals surface area contributed by atoms with Crippen LogP contribution < -0.4 is 20.1 Å². The van der Waals surface area contributed by atoms with Crippen LogP contribution in [-0.4, -0.2) is 19.2 Å². The number of halogens is 1. The van der Waals surface area contributed by atoms with Crippen LogP contribution in [0.2, 0.25) is 0 Å². The average molecular weight is 380 g/mol. The molecule has 2 N–H and O–H groups in total. The van der Waals surface area contributed by atoms with Crippen molar-refractivity contribution in [3.63, 3.8) is 0 Å². The third-order valence-electron chi connectivity index (χ3n) is 3.83. The summed E-state index contributed by atoms with van der Waals surface area (Å²) in [5.74, 6) is 0.957. The summed E-state index contributed by atoms with van der Waals surface area (Å²) >= 11 is 0. The first kappa shape index (κ1) is 19.2. The van der Waals surface area contributed by atoms with Crippen molar-refractivity contribution in [3.05, 3.63) is 90.2 Å². The molecule has 0 saturated heterocycles. The summed E-state index contributed by atoms with van der Waals surface area (Å²) in [6, 6.07) is 22.4. The zero-order valence-corrected chi connectivity index (χ0v) is 15.2. The molecule has 0 unspecified atom stereocenters. The standard InChI is InChI=1S/C22H21FN2O3/c23-18-6-10-20(11-7-18)27-15-14-24-22(26)25-19-8-12-21(13-9-19)28-16-17-4-2-1-3-5-17/h1-13H,14-16H2,(H2,24,25,26). The lowest BCUT2D eigenvalue weighted by Crippen LogP contribution is -2.32. The highest BCUT2D eigenvalue weighted by atomic mass is 19.1. The van der Waals surface area contributed by atoms with Crippen LogP contribution in [0, 0.1) is 5.82 Å². The van der Waals surface area contributed by atoms with Crippen molar-refractivity contribution < 1.29 is 18.7 Å². The summed E-state index contributed by atoms with van der Waals surface area (Å²) in [6.45, 7) is 1.09. The van der Waals surface area contributed by atoms with Crippen LogP contribution in [0.1, 0.15) is 5.56 Å². The predicted octanol–water partition coefficient (Wildman–Crippen LogP) is 4.61. The molecular weight excluding hydrogens is 359 g/mol. The van der Waals surface area contributed by atoms with Gasteiger partial charge in [0.25, 0.3) is 0 Å². The van der Waals surface area contributed by atoms with E-state index in [0.717, 1.165) is 11.3 Å². The molecule has 6 heteroatoms. The second-order valence-electron chi connectivity index (χ2n) is 5.98. The summed E-state index contributed by atoms with van der Waals surface area (Å²) in [5, 5.41) is 5.43. The van der Waals surface area contributed by atoms with E-state index in [1.54, 1.807) is 24.3 Å². The van der Waals surface area contributed by atoms with Gasteiger partial charge in [-0.15, -0.1) is 0 Å². The predicted molar refractivity (Wildman–Crippen MR) is 106 cm³/mol. The van der Waals surface area contributed by atoms with Crippen LogP contribution in [-0.2, 0) is 6.61 Å². The van der Waals surface area contributed by atoms with Crippen molar-refractivity contribution >= 4 is 11.7 Å². The van der Waals surface area contributed by atoms with Crippen molar-refractivity contribution in [2.45, 2.75) is 6.61 Å². The van der Waals surface area contributed by atoms with Gasteiger partial charge in [-0.25, -0.2) is 9.18 Å². The van der Waals surface area contributed by atoms with Gasteiger partial charge < -0.3 is 20.1 Å².